The van der Waals surface area contributed by atoms with Crippen LogP contribution in [-0.2, 0) is 14.8 Å². The molecule has 1 aliphatic rings. The first-order chi connectivity index (χ1) is 16.4. The summed E-state index contributed by atoms with van der Waals surface area (Å²) in [4.78, 5) is 16.3. The zero-order valence-electron chi connectivity index (χ0n) is 20.0. The maximum Gasteiger partial charge on any atom is 0.264 e. The molecule has 0 saturated carbocycles. The van der Waals surface area contributed by atoms with Gasteiger partial charge < -0.3 is 15.0 Å². The minimum absolute atomic E-state index is 0.150. The average Bonchev–Trinajstić information content (AvgIpc) is 2.86. The number of anilines is 1. The Kier molecular flexibility index (Phi) is 10.1. The minimum atomic E-state index is -3.93. The fraction of sp³-hybridized carbons (Fsp3) is 0.480. The highest BCUT2D eigenvalue weighted by molar-refractivity contribution is 7.98. The largest absolute Gasteiger partial charge is 0.494 e. The van der Waals surface area contributed by atoms with Crippen LogP contribution >= 0.6 is 11.8 Å². The molecule has 1 fully saturated rings. The van der Waals surface area contributed by atoms with Gasteiger partial charge in [-0.1, -0.05) is 6.42 Å². The molecule has 0 bridgehead atoms. The van der Waals surface area contributed by atoms with E-state index in [-0.39, 0.29) is 17.3 Å². The molecule has 1 heterocycles. The average molecular weight is 506 g/mol. The van der Waals surface area contributed by atoms with E-state index in [2.05, 4.69) is 10.2 Å². The fourth-order valence-electron chi connectivity index (χ4n) is 3.97. The molecule has 9 heteroatoms. The van der Waals surface area contributed by atoms with Crippen molar-refractivity contribution in [2.24, 2.45) is 0 Å². The summed E-state index contributed by atoms with van der Waals surface area (Å²) in [5.74, 6) is 0.326. The van der Waals surface area contributed by atoms with Gasteiger partial charge in [0.05, 0.1) is 17.2 Å². The van der Waals surface area contributed by atoms with E-state index in [0.29, 0.717) is 24.6 Å². The van der Waals surface area contributed by atoms with Crippen LogP contribution in [0, 0.1) is 0 Å². The van der Waals surface area contributed by atoms with E-state index >= 15 is 0 Å². The van der Waals surface area contributed by atoms with Crippen molar-refractivity contribution >= 4 is 33.4 Å². The zero-order valence-corrected chi connectivity index (χ0v) is 21.7. The minimum Gasteiger partial charge on any atom is -0.494 e. The molecule has 0 unspecified atom stereocenters. The van der Waals surface area contributed by atoms with Crippen molar-refractivity contribution in [3.63, 3.8) is 0 Å². The lowest BCUT2D eigenvalue weighted by Crippen LogP contribution is -2.41. The molecule has 0 aliphatic carbocycles. The summed E-state index contributed by atoms with van der Waals surface area (Å²) in [6, 6.07) is 13.5. The quantitative estimate of drug-likeness (QED) is 0.347. The first kappa shape index (κ1) is 26.4. The second-order valence-electron chi connectivity index (χ2n) is 8.22. The van der Waals surface area contributed by atoms with Crippen molar-refractivity contribution in [3.05, 3.63) is 48.5 Å². The van der Waals surface area contributed by atoms with Crippen LogP contribution < -0.4 is 14.4 Å². The summed E-state index contributed by atoms with van der Waals surface area (Å²) in [5, 5.41) is 2.90. The molecule has 1 N–H and O–H groups in total. The van der Waals surface area contributed by atoms with Crippen molar-refractivity contribution in [3.8, 4) is 5.75 Å². The lowest BCUT2D eigenvalue weighted by molar-refractivity contribution is -0.119. The lowest BCUT2D eigenvalue weighted by atomic mass is 10.1. The molecule has 0 aromatic heterocycles. The predicted octanol–water partition coefficient (Wildman–Crippen LogP) is 3.99. The maximum absolute atomic E-state index is 13.5. The van der Waals surface area contributed by atoms with Crippen LogP contribution in [0.3, 0.4) is 0 Å². The molecular weight excluding hydrogens is 470 g/mol. The smallest absolute Gasteiger partial charge is 0.264 e. The maximum atomic E-state index is 13.5. The van der Waals surface area contributed by atoms with Gasteiger partial charge in [-0.2, -0.15) is 0 Å². The number of hydrogen-bond donors (Lipinski definition) is 1. The third kappa shape index (κ3) is 7.38. The highest BCUT2D eigenvalue weighted by atomic mass is 32.2. The third-order valence-corrected chi connectivity index (χ3v) is 8.32. The van der Waals surface area contributed by atoms with Crippen molar-refractivity contribution in [2.75, 3.05) is 49.9 Å². The highest BCUT2D eigenvalue weighted by Gasteiger charge is 2.27. The molecule has 34 heavy (non-hydrogen) atoms. The number of rotatable bonds is 12. The Balaban J connectivity index is 1.70. The SMILES string of the molecule is CCOc1ccc(N(CC(=O)NCCCN2CCCCC2)S(=O)(=O)c2ccc(SC)cc2)cc1. The van der Waals surface area contributed by atoms with Crippen molar-refractivity contribution in [1.82, 2.24) is 10.2 Å². The Labute approximate surface area is 207 Å². The number of carbonyl (C=O) groups is 1. The lowest BCUT2D eigenvalue weighted by Gasteiger charge is -2.26. The van der Waals surface area contributed by atoms with E-state index in [4.69, 9.17) is 4.74 Å². The highest BCUT2D eigenvalue weighted by Crippen LogP contribution is 2.27. The van der Waals surface area contributed by atoms with E-state index in [9.17, 15) is 13.2 Å². The van der Waals surface area contributed by atoms with Crippen molar-refractivity contribution in [2.45, 2.75) is 42.4 Å². The van der Waals surface area contributed by atoms with Crippen LogP contribution in [0.2, 0.25) is 0 Å². The molecule has 3 rings (SSSR count). The van der Waals surface area contributed by atoms with Crippen LogP contribution in [0.25, 0.3) is 0 Å². The van der Waals surface area contributed by atoms with Gasteiger partial charge in [-0.15, -0.1) is 11.8 Å². The molecule has 2 aromatic rings. The Bertz CT molecular complexity index is 1010. The summed E-state index contributed by atoms with van der Waals surface area (Å²) in [5.41, 5.74) is 0.417. The van der Waals surface area contributed by atoms with E-state index in [1.165, 1.54) is 19.3 Å². The van der Waals surface area contributed by atoms with Gasteiger partial charge in [0.2, 0.25) is 5.91 Å². The number of nitrogens with one attached hydrogen (secondary N) is 1. The second-order valence-corrected chi connectivity index (χ2v) is 11.0. The number of sulfonamides is 1. The Morgan fingerprint density at radius 2 is 1.74 bits per heavy atom. The molecule has 1 amide bonds. The Morgan fingerprint density at radius 1 is 1.06 bits per heavy atom. The molecule has 2 aromatic carbocycles. The number of benzene rings is 2. The molecule has 0 spiro atoms. The number of carbonyl (C=O) groups excluding carboxylic acids is 1. The van der Waals surface area contributed by atoms with Crippen LogP contribution in [0.4, 0.5) is 5.69 Å². The van der Waals surface area contributed by atoms with Crippen LogP contribution in [-0.4, -0.2) is 64.8 Å². The summed E-state index contributed by atoms with van der Waals surface area (Å²) >= 11 is 1.54. The topological polar surface area (TPSA) is 79.0 Å². The second kappa shape index (κ2) is 13.0. The van der Waals surface area contributed by atoms with Gasteiger partial charge >= 0.3 is 0 Å². The number of piperidine rings is 1. The third-order valence-electron chi connectivity index (χ3n) is 5.79. The van der Waals surface area contributed by atoms with Gasteiger partial charge in [-0.25, -0.2) is 8.42 Å². The number of hydrogen-bond acceptors (Lipinski definition) is 6. The first-order valence-electron chi connectivity index (χ1n) is 11.8. The van der Waals surface area contributed by atoms with Gasteiger partial charge in [0, 0.05) is 11.4 Å². The molecule has 186 valence electrons. The fourth-order valence-corrected chi connectivity index (χ4v) is 5.79. The van der Waals surface area contributed by atoms with Crippen molar-refractivity contribution < 1.29 is 17.9 Å². The molecule has 1 aliphatic heterocycles. The number of likely N-dealkylation sites (tertiary alicyclic amines) is 1. The van der Waals surface area contributed by atoms with E-state index in [1.807, 2.05) is 13.2 Å². The summed E-state index contributed by atoms with van der Waals surface area (Å²) in [6.07, 6.45) is 6.55. The van der Waals surface area contributed by atoms with Crippen molar-refractivity contribution in [1.29, 1.82) is 0 Å². The summed E-state index contributed by atoms with van der Waals surface area (Å²) in [7, 11) is -3.93. The predicted molar refractivity (Wildman–Crippen MR) is 138 cm³/mol. The molecule has 0 atom stereocenters. The summed E-state index contributed by atoms with van der Waals surface area (Å²) < 4.78 is 33.7. The van der Waals surface area contributed by atoms with Gasteiger partial charge in [-0.05, 0) is 101 Å². The Hall–Kier alpha value is -2.23. The Morgan fingerprint density at radius 3 is 2.35 bits per heavy atom. The van der Waals surface area contributed by atoms with Crippen LogP contribution in [0.5, 0.6) is 5.75 Å². The van der Waals surface area contributed by atoms with Gasteiger partial charge in [0.15, 0.2) is 0 Å². The number of amides is 1. The number of thioether (sulfide) groups is 1. The summed E-state index contributed by atoms with van der Waals surface area (Å²) in [6.45, 7) is 5.82. The molecule has 7 nitrogen and oxygen atoms in total. The van der Waals surface area contributed by atoms with Crippen LogP contribution in [0.15, 0.2) is 58.3 Å². The standard InChI is InChI=1S/C25H35N3O4S2/c1-3-32-22-10-8-21(9-11-22)28(34(30,31)24-14-12-23(33-2)13-15-24)20-25(29)26-16-7-19-27-17-5-4-6-18-27/h8-15H,3-7,16-20H2,1-2H3,(H,26,29). The van der Waals surface area contributed by atoms with Gasteiger partial charge in [0.1, 0.15) is 12.3 Å². The van der Waals surface area contributed by atoms with E-state index in [0.717, 1.165) is 35.3 Å². The number of nitrogens with zero attached hydrogens (tertiary/aromatic N) is 2. The number of ether oxygens (including phenoxy) is 1. The van der Waals surface area contributed by atoms with Crippen LogP contribution in [0.1, 0.15) is 32.6 Å². The van der Waals surface area contributed by atoms with Gasteiger partial charge in [0.25, 0.3) is 10.0 Å². The molecular formula is C25H35N3O4S2. The first-order valence-corrected chi connectivity index (χ1v) is 14.5. The van der Waals surface area contributed by atoms with E-state index in [1.54, 1.807) is 60.3 Å². The normalized spacial score (nSPS) is 14.5. The molecule has 0 radical (unpaired) electrons. The zero-order chi connectivity index (χ0) is 24.4. The van der Waals surface area contributed by atoms with Gasteiger partial charge in [-0.3, -0.25) is 9.10 Å². The monoisotopic (exact) mass is 505 g/mol. The van der Waals surface area contributed by atoms with E-state index < -0.39 is 10.0 Å². The molecule has 1 saturated heterocycles.